The molecule has 29 heavy (non-hydrogen) atoms. The first-order valence-electron chi connectivity index (χ1n) is 9.37. The lowest BCUT2D eigenvalue weighted by Crippen LogP contribution is -2.34. The second-order valence-electron chi connectivity index (χ2n) is 6.79. The van der Waals surface area contributed by atoms with Gasteiger partial charge >= 0.3 is 0 Å². The normalized spacial score (nSPS) is 12.3. The Morgan fingerprint density at radius 1 is 1.00 bits per heavy atom. The summed E-state index contributed by atoms with van der Waals surface area (Å²) in [6, 6.07) is 23.5. The summed E-state index contributed by atoms with van der Waals surface area (Å²) in [5.74, 6) is 0.300. The number of hydrogen-bond acceptors (Lipinski definition) is 3. The molecule has 0 aromatic heterocycles. The van der Waals surface area contributed by atoms with E-state index in [1.54, 1.807) is 25.1 Å². The maximum atomic E-state index is 12.3. The van der Waals surface area contributed by atoms with E-state index in [4.69, 9.17) is 16.3 Å². The van der Waals surface area contributed by atoms with Gasteiger partial charge in [-0.05, 0) is 61.2 Å². The van der Waals surface area contributed by atoms with Gasteiger partial charge in [-0.15, -0.1) is 0 Å². The molecule has 148 valence electrons. The largest absolute Gasteiger partial charge is 0.481 e. The first-order valence-corrected chi connectivity index (χ1v) is 9.74. The van der Waals surface area contributed by atoms with E-state index < -0.39 is 6.10 Å². The molecule has 3 aromatic rings. The number of halogens is 1. The van der Waals surface area contributed by atoms with E-state index in [0.717, 1.165) is 22.3 Å². The quantitative estimate of drug-likeness (QED) is 0.426. The topological polar surface area (TPSA) is 50.7 Å². The predicted molar refractivity (Wildman–Crippen MR) is 119 cm³/mol. The first kappa shape index (κ1) is 20.6. The summed E-state index contributed by atoms with van der Waals surface area (Å²) in [5, 5.41) is 4.84. The molecule has 3 rings (SSSR count). The molecule has 4 nitrogen and oxygen atoms in total. The number of carbonyl (C=O) groups excluding carboxylic acids is 1. The maximum absolute atomic E-state index is 12.3. The average molecular weight is 407 g/mol. The van der Waals surface area contributed by atoms with Gasteiger partial charge in [0, 0.05) is 5.02 Å². The molecule has 0 saturated carbocycles. The van der Waals surface area contributed by atoms with Crippen LogP contribution in [0.5, 0.6) is 5.75 Å². The highest BCUT2D eigenvalue weighted by Crippen LogP contribution is 2.23. The number of nitrogens with zero attached hydrogens (tertiary/aromatic N) is 1. The lowest BCUT2D eigenvalue weighted by molar-refractivity contribution is -0.127. The Hall–Kier alpha value is -3.11. The van der Waals surface area contributed by atoms with Gasteiger partial charge < -0.3 is 4.74 Å². The van der Waals surface area contributed by atoms with Crippen LogP contribution in [-0.2, 0) is 4.79 Å². The zero-order valence-corrected chi connectivity index (χ0v) is 17.4. The summed E-state index contributed by atoms with van der Waals surface area (Å²) in [4.78, 5) is 12.3. The molecule has 1 amide bonds. The van der Waals surface area contributed by atoms with Crippen molar-refractivity contribution in [2.75, 3.05) is 0 Å². The Bertz CT molecular complexity index is 1010. The minimum atomic E-state index is -0.688. The van der Waals surface area contributed by atoms with Gasteiger partial charge in [0.05, 0.1) is 5.71 Å². The van der Waals surface area contributed by atoms with E-state index in [9.17, 15) is 4.79 Å². The molecule has 0 bridgehead atoms. The molecule has 0 saturated heterocycles. The van der Waals surface area contributed by atoms with Crippen molar-refractivity contribution in [3.8, 4) is 16.9 Å². The number of benzene rings is 3. The third-order valence-corrected chi connectivity index (χ3v) is 4.79. The summed E-state index contributed by atoms with van der Waals surface area (Å²) in [7, 11) is 0. The Morgan fingerprint density at radius 2 is 1.66 bits per heavy atom. The lowest BCUT2D eigenvalue weighted by atomic mass is 10.0. The van der Waals surface area contributed by atoms with E-state index >= 15 is 0 Å². The molecule has 5 heteroatoms. The number of ether oxygens (including phenoxy) is 1. The highest BCUT2D eigenvalue weighted by atomic mass is 35.5. The summed E-state index contributed by atoms with van der Waals surface area (Å²) in [6.07, 6.45) is -0.688. The van der Waals surface area contributed by atoms with Crippen molar-refractivity contribution in [1.82, 2.24) is 5.43 Å². The van der Waals surface area contributed by atoms with Crippen LogP contribution in [0, 0.1) is 6.92 Å². The maximum Gasteiger partial charge on any atom is 0.280 e. The van der Waals surface area contributed by atoms with Gasteiger partial charge in [-0.2, -0.15) is 5.10 Å². The third kappa shape index (κ3) is 5.46. The standard InChI is InChI=1S/C24H23ClN2O2/c1-16-15-22(25)13-14-23(16)29-18(3)24(28)27-26-17(2)19-9-11-21(12-10-19)20-7-5-4-6-8-20/h4-15,18H,1-3H3,(H,27,28)/b26-17+. The van der Waals surface area contributed by atoms with E-state index in [1.807, 2.05) is 56.3 Å². The smallest absolute Gasteiger partial charge is 0.280 e. The van der Waals surface area contributed by atoms with Crippen LogP contribution in [0.2, 0.25) is 5.02 Å². The zero-order chi connectivity index (χ0) is 20.8. The minimum Gasteiger partial charge on any atom is -0.481 e. The molecule has 0 aliphatic heterocycles. The Balaban J connectivity index is 1.61. The van der Waals surface area contributed by atoms with Crippen LogP contribution in [0.3, 0.4) is 0 Å². The average Bonchev–Trinajstić information content (AvgIpc) is 2.74. The Labute approximate surface area is 176 Å². The fourth-order valence-electron chi connectivity index (χ4n) is 2.82. The van der Waals surface area contributed by atoms with E-state index in [-0.39, 0.29) is 5.91 Å². The molecule has 0 fully saturated rings. The van der Waals surface area contributed by atoms with Crippen LogP contribution in [-0.4, -0.2) is 17.7 Å². The zero-order valence-electron chi connectivity index (χ0n) is 16.6. The predicted octanol–water partition coefficient (Wildman–Crippen LogP) is 5.62. The number of nitrogens with one attached hydrogen (secondary N) is 1. The summed E-state index contributed by atoms with van der Waals surface area (Å²) in [6.45, 7) is 5.42. The van der Waals surface area contributed by atoms with Crippen molar-refractivity contribution in [3.63, 3.8) is 0 Å². The van der Waals surface area contributed by atoms with Gasteiger partial charge in [0.15, 0.2) is 6.10 Å². The van der Waals surface area contributed by atoms with Crippen molar-refractivity contribution < 1.29 is 9.53 Å². The summed E-state index contributed by atoms with van der Waals surface area (Å²) < 4.78 is 5.72. The Kier molecular flexibility index (Phi) is 6.68. The number of aryl methyl sites for hydroxylation is 1. The molecule has 0 radical (unpaired) electrons. The van der Waals surface area contributed by atoms with Gasteiger partial charge in [-0.1, -0.05) is 66.2 Å². The van der Waals surface area contributed by atoms with Crippen molar-refractivity contribution in [1.29, 1.82) is 0 Å². The molecule has 0 heterocycles. The van der Waals surface area contributed by atoms with Gasteiger partial charge in [-0.3, -0.25) is 4.79 Å². The first-order chi connectivity index (χ1) is 13.9. The SMILES string of the molecule is C/C(=N\NC(=O)C(C)Oc1ccc(Cl)cc1C)c1ccc(-c2ccccc2)cc1. The number of hydrogen-bond donors (Lipinski definition) is 1. The minimum absolute atomic E-state index is 0.320. The molecule has 0 aliphatic rings. The monoisotopic (exact) mass is 406 g/mol. The molecule has 1 N–H and O–H groups in total. The van der Waals surface area contributed by atoms with E-state index in [2.05, 4.69) is 22.7 Å². The number of rotatable bonds is 6. The third-order valence-electron chi connectivity index (χ3n) is 4.55. The van der Waals surface area contributed by atoms with Crippen LogP contribution in [0.4, 0.5) is 0 Å². The van der Waals surface area contributed by atoms with Crippen molar-refractivity contribution in [2.24, 2.45) is 5.10 Å². The summed E-state index contributed by atoms with van der Waals surface area (Å²) >= 11 is 5.95. The number of amides is 1. The van der Waals surface area contributed by atoms with Crippen molar-refractivity contribution in [3.05, 3.63) is 88.9 Å². The van der Waals surface area contributed by atoms with Gasteiger partial charge in [-0.25, -0.2) is 5.43 Å². The van der Waals surface area contributed by atoms with Crippen LogP contribution in [0.15, 0.2) is 77.9 Å². The van der Waals surface area contributed by atoms with Gasteiger partial charge in [0.1, 0.15) is 5.75 Å². The van der Waals surface area contributed by atoms with Gasteiger partial charge in [0.2, 0.25) is 0 Å². The highest BCUT2D eigenvalue weighted by molar-refractivity contribution is 6.30. The molecule has 0 aliphatic carbocycles. The van der Waals surface area contributed by atoms with Crippen LogP contribution in [0.1, 0.15) is 25.0 Å². The Morgan fingerprint density at radius 3 is 2.31 bits per heavy atom. The molecule has 3 aromatic carbocycles. The fourth-order valence-corrected chi connectivity index (χ4v) is 3.04. The highest BCUT2D eigenvalue weighted by Gasteiger charge is 2.15. The van der Waals surface area contributed by atoms with E-state index in [1.165, 1.54) is 0 Å². The van der Waals surface area contributed by atoms with Gasteiger partial charge in [0.25, 0.3) is 5.91 Å². The number of hydrazone groups is 1. The van der Waals surface area contributed by atoms with Crippen molar-refractivity contribution >= 4 is 23.2 Å². The fraction of sp³-hybridized carbons (Fsp3) is 0.167. The molecular formula is C24H23ClN2O2. The second kappa shape index (κ2) is 9.39. The molecule has 0 spiro atoms. The molecular weight excluding hydrogens is 384 g/mol. The second-order valence-corrected chi connectivity index (χ2v) is 7.22. The van der Waals surface area contributed by atoms with E-state index in [0.29, 0.717) is 16.5 Å². The van der Waals surface area contributed by atoms with Crippen LogP contribution in [0.25, 0.3) is 11.1 Å². The van der Waals surface area contributed by atoms with Crippen LogP contribution >= 0.6 is 11.6 Å². The number of carbonyl (C=O) groups is 1. The van der Waals surface area contributed by atoms with Crippen LogP contribution < -0.4 is 10.2 Å². The molecule has 1 atom stereocenters. The molecule has 1 unspecified atom stereocenters. The summed E-state index contributed by atoms with van der Waals surface area (Å²) in [5.41, 5.74) is 7.39. The lowest BCUT2D eigenvalue weighted by Gasteiger charge is -2.15. The van der Waals surface area contributed by atoms with Crippen molar-refractivity contribution in [2.45, 2.75) is 26.9 Å².